The highest BCUT2D eigenvalue weighted by Crippen LogP contribution is 2.54. The minimum atomic E-state index is 0.307. The lowest BCUT2D eigenvalue weighted by Crippen LogP contribution is -2.33. The van der Waals surface area contributed by atoms with Crippen LogP contribution in [0.4, 0.5) is 17.1 Å². The van der Waals surface area contributed by atoms with Crippen LogP contribution in [-0.4, -0.2) is 12.1 Å². The molecule has 5 atom stereocenters. The molecule has 2 heteroatoms. The Kier molecular flexibility index (Phi) is 8.38. The molecular weight excluding hydrogens is 677 g/mol. The SMILES string of the molecule is C1=CC(C2=CC=C3C(C2)c2ccccc2N3C2C=C(c3ccccc3)C=CC2)CC(C2=CC3c4ccccc4N(c4ccc(C5=CCCC=C5)cc4)C3CC2)=C1. The molecule has 5 unspecified atom stereocenters. The lowest BCUT2D eigenvalue weighted by molar-refractivity contribution is 0.548. The summed E-state index contributed by atoms with van der Waals surface area (Å²) >= 11 is 0. The average molecular weight is 725 g/mol. The van der Waals surface area contributed by atoms with E-state index in [0.717, 1.165) is 44.9 Å². The highest BCUT2D eigenvalue weighted by atomic mass is 15.2. The molecule has 0 aromatic heterocycles. The summed E-state index contributed by atoms with van der Waals surface area (Å²) in [5.41, 5.74) is 18.4. The van der Waals surface area contributed by atoms with Crippen molar-refractivity contribution in [2.75, 3.05) is 9.80 Å². The van der Waals surface area contributed by atoms with E-state index in [1.807, 2.05) is 0 Å². The van der Waals surface area contributed by atoms with Gasteiger partial charge in [-0.1, -0.05) is 151 Å². The van der Waals surface area contributed by atoms with Crippen LogP contribution in [0.3, 0.4) is 0 Å². The zero-order valence-corrected chi connectivity index (χ0v) is 32.0. The van der Waals surface area contributed by atoms with Crippen LogP contribution in [0, 0.1) is 5.92 Å². The molecule has 0 amide bonds. The first-order valence-electron chi connectivity index (χ1n) is 20.9. The zero-order chi connectivity index (χ0) is 37.0. The minimum absolute atomic E-state index is 0.307. The van der Waals surface area contributed by atoms with E-state index < -0.39 is 0 Å². The smallest absolute Gasteiger partial charge is 0.0562 e. The van der Waals surface area contributed by atoms with E-state index in [4.69, 9.17) is 0 Å². The zero-order valence-electron chi connectivity index (χ0n) is 32.0. The molecule has 5 aliphatic carbocycles. The Hall–Kier alpha value is -5.86. The molecule has 56 heavy (non-hydrogen) atoms. The van der Waals surface area contributed by atoms with Gasteiger partial charge in [0.25, 0.3) is 0 Å². The van der Waals surface area contributed by atoms with Gasteiger partial charge in [0.05, 0.1) is 6.04 Å². The summed E-state index contributed by atoms with van der Waals surface area (Å²) < 4.78 is 0. The van der Waals surface area contributed by atoms with Gasteiger partial charge >= 0.3 is 0 Å². The van der Waals surface area contributed by atoms with Crippen molar-refractivity contribution in [1.29, 1.82) is 0 Å². The monoisotopic (exact) mass is 724 g/mol. The maximum Gasteiger partial charge on any atom is 0.0562 e. The number of hydrogen-bond donors (Lipinski definition) is 0. The maximum absolute atomic E-state index is 2.65. The molecule has 4 aromatic rings. The number of anilines is 3. The van der Waals surface area contributed by atoms with Crippen LogP contribution in [0.1, 0.15) is 79.0 Å². The standard InChI is InChI=1S/C54H48N2/c1-3-13-37(14-4-1)39-25-29-45(30-26-39)55-51-23-9-7-21-47(51)49-35-43(27-31-53(49)55)40-17-11-18-41(33-40)44-28-32-54-50(36-44)48-22-8-10-24-52(48)56(54)46-20-12-19-42(34-46)38-15-5-2-6-16-38/h2-3,5-19,21-26,28-30,32,34-35,41,46,49-50,53H,1,4,20,27,31,33,36H2. The molecule has 274 valence electrons. The van der Waals surface area contributed by atoms with Gasteiger partial charge in [0, 0.05) is 46.6 Å². The van der Waals surface area contributed by atoms with E-state index in [2.05, 4.69) is 186 Å². The molecule has 2 aliphatic heterocycles. The van der Waals surface area contributed by atoms with Crippen molar-refractivity contribution < 1.29 is 0 Å². The van der Waals surface area contributed by atoms with Crippen molar-refractivity contribution in [3.8, 4) is 0 Å². The molecule has 2 nitrogen and oxygen atoms in total. The van der Waals surface area contributed by atoms with Gasteiger partial charge < -0.3 is 9.80 Å². The van der Waals surface area contributed by atoms with Gasteiger partial charge in [-0.3, -0.25) is 0 Å². The summed E-state index contributed by atoms with van der Waals surface area (Å²) in [6.07, 6.45) is 36.7. The van der Waals surface area contributed by atoms with E-state index >= 15 is 0 Å². The van der Waals surface area contributed by atoms with Crippen LogP contribution >= 0.6 is 0 Å². The summed E-state index contributed by atoms with van der Waals surface area (Å²) in [4.78, 5) is 5.29. The lowest BCUT2D eigenvalue weighted by Gasteiger charge is -2.35. The third-order valence-electron chi connectivity index (χ3n) is 13.4. The molecule has 0 bridgehead atoms. The van der Waals surface area contributed by atoms with Crippen LogP contribution in [0.15, 0.2) is 198 Å². The fraction of sp³-hybridized carbons (Fsp3) is 0.222. The second kappa shape index (κ2) is 14.0. The molecule has 0 spiro atoms. The number of rotatable bonds is 6. The molecule has 2 heterocycles. The molecular formula is C54H48N2. The number of nitrogens with zero attached hydrogens (tertiary/aromatic N) is 2. The van der Waals surface area contributed by atoms with Crippen molar-refractivity contribution >= 4 is 28.2 Å². The third kappa shape index (κ3) is 5.77. The Morgan fingerprint density at radius 1 is 0.589 bits per heavy atom. The van der Waals surface area contributed by atoms with E-state index in [0.29, 0.717) is 29.8 Å². The van der Waals surface area contributed by atoms with Crippen LogP contribution in [0.25, 0.3) is 11.1 Å². The fourth-order valence-electron chi connectivity index (χ4n) is 10.7. The van der Waals surface area contributed by atoms with Crippen molar-refractivity contribution in [1.82, 2.24) is 0 Å². The van der Waals surface area contributed by atoms with Crippen molar-refractivity contribution in [3.63, 3.8) is 0 Å². The normalized spacial score (nSPS) is 25.9. The van der Waals surface area contributed by atoms with Crippen LogP contribution < -0.4 is 9.80 Å². The second-order valence-corrected chi connectivity index (χ2v) is 16.5. The predicted octanol–water partition coefficient (Wildman–Crippen LogP) is 13.5. The number of fused-ring (bicyclic) bond motifs is 6. The number of para-hydroxylation sites is 2. The molecule has 11 rings (SSSR count). The topological polar surface area (TPSA) is 6.48 Å². The van der Waals surface area contributed by atoms with E-state index in [-0.39, 0.29) is 0 Å². The molecule has 7 aliphatic rings. The van der Waals surface area contributed by atoms with Crippen molar-refractivity contribution in [3.05, 3.63) is 221 Å². The van der Waals surface area contributed by atoms with Crippen LogP contribution in [-0.2, 0) is 0 Å². The Bertz CT molecular complexity index is 2480. The number of hydrogen-bond acceptors (Lipinski definition) is 2. The van der Waals surface area contributed by atoms with Crippen molar-refractivity contribution in [2.24, 2.45) is 5.92 Å². The summed E-state index contributed by atoms with van der Waals surface area (Å²) in [5.74, 6) is 1.22. The van der Waals surface area contributed by atoms with E-state index in [9.17, 15) is 0 Å². The Labute approximate surface area is 332 Å². The summed E-state index contributed by atoms with van der Waals surface area (Å²) in [5, 5.41) is 0. The Morgan fingerprint density at radius 3 is 2.20 bits per heavy atom. The Morgan fingerprint density at radius 2 is 1.36 bits per heavy atom. The maximum atomic E-state index is 2.65. The largest absolute Gasteiger partial charge is 0.337 e. The molecule has 0 N–H and O–H groups in total. The first-order chi connectivity index (χ1) is 27.8. The quantitative estimate of drug-likeness (QED) is 0.195. The van der Waals surface area contributed by atoms with E-state index in [1.165, 1.54) is 61.7 Å². The fourth-order valence-corrected chi connectivity index (χ4v) is 10.7. The Balaban J connectivity index is 0.845. The van der Waals surface area contributed by atoms with Crippen molar-refractivity contribution in [2.45, 2.75) is 68.9 Å². The highest BCUT2D eigenvalue weighted by Gasteiger charge is 2.42. The van der Waals surface area contributed by atoms with Gasteiger partial charge in [0.1, 0.15) is 0 Å². The van der Waals surface area contributed by atoms with Gasteiger partial charge in [0.2, 0.25) is 0 Å². The highest BCUT2D eigenvalue weighted by molar-refractivity contribution is 5.80. The van der Waals surface area contributed by atoms with Gasteiger partial charge in [-0.15, -0.1) is 0 Å². The predicted molar refractivity (Wildman–Crippen MR) is 235 cm³/mol. The average Bonchev–Trinajstić information content (AvgIpc) is 3.79. The van der Waals surface area contributed by atoms with Crippen LogP contribution in [0.2, 0.25) is 0 Å². The third-order valence-corrected chi connectivity index (χ3v) is 13.4. The molecule has 0 radical (unpaired) electrons. The van der Waals surface area contributed by atoms with Crippen LogP contribution in [0.5, 0.6) is 0 Å². The minimum Gasteiger partial charge on any atom is -0.337 e. The van der Waals surface area contributed by atoms with Gasteiger partial charge in [0.15, 0.2) is 0 Å². The lowest BCUT2D eigenvalue weighted by atomic mass is 9.75. The number of benzene rings is 4. The first-order valence-corrected chi connectivity index (χ1v) is 20.9. The van der Waals surface area contributed by atoms with Gasteiger partial charge in [-0.25, -0.2) is 0 Å². The van der Waals surface area contributed by atoms with E-state index in [1.54, 1.807) is 11.1 Å². The second-order valence-electron chi connectivity index (χ2n) is 16.5. The summed E-state index contributed by atoms with van der Waals surface area (Å²) in [6, 6.07) is 39.3. The molecule has 0 saturated heterocycles. The molecule has 4 aromatic carbocycles. The summed E-state index contributed by atoms with van der Waals surface area (Å²) in [6.45, 7) is 0. The number of allylic oxidation sites excluding steroid dienone is 15. The van der Waals surface area contributed by atoms with Gasteiger partial charge in [-0.05, 0) is 120 Å². The first kappa shape index (κ1) is 33.5. The molecule has 0 fully saturated rings. The summed E-state index contributed by atoms with van der Waals surface area (Å²) in [7, 11) is 0. The molecule has 0 saturated carbocycles. The van der Waals surface area contributed by atoms with Gasteiger partial charge in [-0.2, -0.15) is 0 Å².